The van der Waals surface area contributed by atoms with Crippen molar-refractivity contribution in [2.24, 2.45) is 0 Å². The normalized spacial score (nSPS) is 17.5. The van der Waals surface area contributed by atoms with Gasteiger partial charge in [-0.05, 0) is 13.0 Å². The minimum Gasteiger partial charge on any atom is -0.395 e. The van der Waals surface area contributed by atoms with Crippen LogP contribution in [0.1, 0.15) is 6.42 Å². The number of amides is 1. The Hall–Kier alpha value is -0.770. The number of carbonyl (C=O) groups excluding carboxylic acids is 1. The van der Waals surface area contributed by atoms with E-state index in [0.29, 0.717) is 18.1 Å². The lowest BCUT2D eigenvalue weighted by Gasteiger charge is -2.21. The van der Waals surface area contributed by atoms with Crippen molar-refractivity contribution in [2.75, 3.05) is 50.8 Å². The summed E-state index contributed by atoms with van der Waals surface area (Å²) in [4.78, 5) is 15.9. The predicted octanol–water partition coefficient (Wildman–Crippen LogP) is -0.230. The molecule has 0 saturated carbocycles. The monoisotopic (exact) mass is 257 g/mol. The largest absolute Gasteiger partial charge is 0.395 e. The quantitative estimate of drug-likeness (QED) is 0.689. The van der Waals surface area contributed by atoms with Gasteiger partial charge < -0.3 is 10.0 Å². The van der Waals surface area contributed by atoms with E-state index in [-0.39, 0.29) is 12.5 Å². The number of rotatable bonds is 5. The van der Waals surface area contributed by atoms with Gasteiger partial charge in [0.05, 0.1) is 24.2 Å². The fourth-order valence-corrected chi connectivity index (χ4v) is 2.41. The Morgan fingerprint density at radius 1 is 1.35 bits per heavy atom. The molecule has 0 bridgehead atoms. The van der Waals surface area contributed by atoms with E-state index in [1.807, 2.05) is 11.0 Å². The van der Waals surface area contributed by atoms with Gasteiger partial charge in [0.2, 0.25) is 5.91 Å². The van der Waals surface area contributed by atoms with Crippen LogP contribution in [-0.4, -0.2) is 71.6 Å². The summed E-state index contributed by atoms with van der Waals surface area (Å²) in [6.07, 6.45) is 0.953. The molecule has 0 aromatic carbocycles. The molecule has 0 aliphatic carbocycles. The molecule has 1 fully saturated rings. The zero-order valence-electron chi connectivity index (χ0n) is 9.97. The summed E-state index contributed by atoms with van der Waals surface area (Å²) >= 11 is 1.37. The molecule has 1 amide bonds. The number of nitrogens with zero attached hydrogens (tertiary/aromatic N) is 3. The maximum Gasteiger partial charge on any atom is 0.232 e. The molecular formula is C11H19N3O2S. The van der Waals surface area contributed by atoms with Crippen LogP contribution in [0.25, 0.3) is 0 Å². The fourth-order valence-electron chi connectivity index (χ4n) is 1.86. The van der Waals surface area contributed by atoms with Crippen molar-refractivity contribution >= 4 is 17.7 Å². The average molecular weight is 257 g/mol. The molecule has 0 unspecified atom stereocenters. The van der Waals surface area contributed by atoms with Gasteiger partial charge in [-0.15, -0.1) is 11.8 Å². The van der Waals surface area contributed by atoms with Gasteiger partial charge in [-0.3, -0.25) is 9.69 Å². The Bertz CT molecular complexity index is 280. The first-order chi connectivity index (χ1) is 8.27. The number of nitriles is 1. The molecule has 1 rings (SSSR count). The Balaban J connectivity index is 2.30. The molecule has 0 spiro atoms. The summed E-state index contributed by atoms with van der Waals surface area (Å²) in [6, 6.07) is 2.02. The summed E-state index contributed by atoms with van der Waals surface area (Å²) in [7, 11) is 0. The third-order valence-corrected chi connectivity index (χ3v) is 3.53. The summed E-state index contributed by atoms with van der Waals surface area (Å²) in [5.74, 6) is 0.889. The molecule has 0 aromatic rings. The van der Waals surface area contributed by atoms with Crippen molar-refractivity contribution in [3.05, 3.63) is 0 Å². The Morgan fingerprint density at radius 3 is 2.88 bits per heavy atom. The van der Waals surface area contributed by atoms with E-state index in [4.69, 9.17) is 10.4 Å². The van der Waals surface area contributed by atoms with Crippen LogP contribution in [0.4, 0.5) is 0 Å². The Morgan fingerprint density at radius 2 is 2.18 bits per heavy atom. The maximum absolute atomic E-state index is 11.8. The van der Waals surface area contributed by atoms with Crippen molar-refractivity contribution in [1.82, 2.24) is 9.80 Å². The van der Waals surface area contributed by atoms with Gasteiger partial charge in [0.1, 0.15) is 0 Å². The third-order valence-electron chi connectivity index (χ3n) is 2.75. The first kappa shape index (κ1) is 14.3. The van der Waals surface area contributed by atoms with E-state index in [1.165, 1.54) is 11.8 Å². The van der Waals surface area contributed by atoms with Gasteiger partial charge in [-0.2, -0.15) is 5.26 Å². The highest BCUT2D eigenvalue weighted by atomic mass is 32.2. The van der Waals surface area contributed by atoms with Gasteiger partial charge in [-0.25, -0.2) is 0 Å². The number of carbonyl (C=O) groups is 1. The molecule has 1 saturated heterocycles. The molecule has 1 N–H and O–H groups in total. The smallest absolute Gasteiger partial charge is 0.232 e. The molecule has 0 atom stereocenters. The second-order valence-electron chi connectivity index (χ2n) is 3.95. The highest BCUT2D eigenvalue weighted by Crippen LogP contribution is 2.06. The van der Waals surface area contributed by atoms with Crippen LogP contribution in [0.5, 0.6) is 0 Å². The van der Waals surface area contributed by atoms with Crippen LogP contribution in [0.3, 0.4) is 0 Å². The molecule has 1 heterocycles. The highest BCUT2D eigenvalue weighted by molar-refractivity contribution is 8.00. The SMILES string of the molecule is N#CCSCC(=O)N1CCCN(CCO)CC1. The summed E-state index contributed by atoms with van der Waals surface area (Å²) in [6.45, 7) is 4.14. The van der Waals surface area contributed by atoms with Gasteiger partial charge in [0.15, 0.2) is 0 Å². The summed E-state index contributed by atoms with van der Waals surface area (Å²) < 4.78 is 0. The number of aliphatic hydroxyl groups excluding tert-OH is 1. The van der Waals surface area contributed by atoms with E-state index in [2.05, 4.69) is 4.90 Å². The molecule has 5 nitrogen and oxygen atoms in total. The third kappa shape index (κ3) is 5.39. The average Bonchev–Trinajstić information content (AvgIpc) is 2.55. The zero-order valence-corrected chi connectivity index (χ0v) is 10.8. The molecule has 1 aliphatic heterocycles. The predicted molar refractivity (Wildman–Crippen MR) is 67.7 cm³/mol. The van der Waals surface area contributed by atoms with Crippen molar-refractivity contribution in [1.29, 1.82) is 5.26 Å². The van der Waals surface area contributed by atoms with Crippen LogP contribution in [0.15, 0.2) is 0 Å². The zero-order chi connectivity index (χ0) is 12.5. The van der Waals surface area contributed by atoms with E-state index in [9.17, 15) is 4.79 Å². The lowest BCUT2D eigenvalue weighted by molar-refractivity contribution is -0.128. The van der Waals surface area contributed by atoms with Crippen LogP contribution in [-0.2, 0) is 4.79 Å². The second kappa shape index (κ2) is 8.34. The van der Waals surface area contributed by atoms with Crippen LogP contribution in [0.2, 0.25) is 0 Å². The number of hydrogen-bond donors (Lipinski definition) is 1. The van der Waals surface area contributed by atoms with Crippen LogP contribution >= 0.6 is 11.8 Å². The molecule has 96 valence electrons. The first-order valence-corrected chi connectivity index (χ1v) is 6.99. The molecule has 0 aromatic heterocycles. The molecule has 6 heteroatoms. The summed E-state index contributed by atoms with van der Waals surface area (Å²) in [5, 5.41) is 17.3. The second-order valence-corrected chi connectivity index (χ2v) is 4.94. The highest BCUT2D eigenvalue weighted by Gasteiger charge is 2.18. The standard InChI is InChI=1S/C11H19N3O2S/c12-2-9-17-10-11(16)14-4-1-3-13(5-6-14)7-8-15/h15H,1,3-10H2. The van der Waals surface area contributed by atoms with E-state index in [1.54, 1.807) is 0 Å². The molecular weight excluding hydrogens is 238 g/mol. The minimum atomic E-state index is 0.121. The van der Waals surface area contributed by atoms with Crippen molar-refractivity contribution in [3.63, 3.8) is 0 Å². The maximum atomic E-state index is 11.8. The lowest BCUT2D eigenvalue weighted by atomic mass is 10.4. The van der Waals surface area contributed by atoms with E-state index >= 15 is 0 Å². The number of thioether (sulfide) groups is 1. The molecule has 17 heavy (non-hydrogen) atoms. The molecule has 1 aliphatic rings. The van der Waals surface area contributed by atoms with Crippen molar-refractivity contribution in [3.8, 4) is 6.07 Å². The Labute approximate surface area is 106 Å². The topological polar surface area (TPSA) is 67.6 Å². The number of aliphatic hydroxyl groups is 1. The number of β-amino-alcohol motifs (C(OH)–C–C–N with tert-alkyl or cyclic N) is 1. The fraction of sp³-hybridized carbons (Fsp3) is 0.818. The minimum absolute atomic E-state index is 0.121. The Kier molecular flexibility index (Phi) is 7.01. The lowest BCUT2D eigenvalue weighted by Crippen LogP contribution is -2.36. The first-order valence-electron chi connectivity index (χ1n) is 5.83. The van der Waals surface area contributed by atoms with Crippen LogP contribution < -0.4 is 0 Å². The van der Waals surface area contributed by atoms with E-state index in [0.717, 1.165) is 32.6 Å². The number of hydrogen-bond acceptors (Lipinski definition) is 5. The van der Waals surface area contributed by atoms with Crippen molar-refractivity contribution < 1.29 is 9.90 Å². The van der Waals surface area contributed by atoms with E-state index < -0.39 is 0 Å². The van der Waals surface area contributed by atoms with Gasteiger partial charge in [0.25, 0.3) is 0 Å². The van der Waals surface area contributed by atoms with Gasteiger partial charge in [-0.1, -0.05) is 0 Å². The van der Waals surface area contributed by atoms with Gasteiger partial charge in [0, 0.05) is 26.2 Å². The van der Waals surface area contributed by atoms with Crippen LogP contribution in [0, 0.1) is 11.3 Å². The van der Waals surface area contributed by atoms with Gasteiger partial charge >= 0.3 is 0 Å². The molecule has 0 radical (unpaired) electrons. The van der Waals surface area contributed by atoms with Crippen molar-refractivity contribution in [2.45, 2.75) is 6.42 Å². The summed E-state index contributed by atoms with van der Waals surface area (Å²) in [5.41, 5.74) is 0.